The minimum absolute atomic E-state index is 0.0601. The lowest BCUT2D eigenvalue weighted by Crippen LogP contribution is -2.48. The van der Waals surface area contributed by atoms with Gasteiger partial charge in [0.05, 0.1) is 4.90 Å². The van der Waals surface area contributed by atoms with Gasteiger partial charge in [0.25, 0.3) is 15.9 Å². The summed E-state index contributed by atoms with van der Waals surface area (Å²) in [7, 11) is -3.71. The zero-order valence-corrected chi connectivity index (χ0v) is 21.2. The van der Waals surface area contributed by atoms with Gasteiger partial charge in [-0.25, -0.2) is 8.42 Å². The van der Waals surface area contributed by atoms with Gasteiger partial charge in [0.2, 0.25) is 6.79 Å². The fraction of sp³-hybridized carbons (Fsp3) is 0.240. The van der Waals surface area contributed by atoms with Crippen LogP contribution in [0.2, 0.25) is 0 Å². The summed E-state index contributed by atoms with van der Waals surface area (Å²) in [6.07, 6.45) is 0. The third kappa shape index (κ3) is 5.44. The summed E-state index contributed by atoms with van der Waals surface area (Å²) in [4.78, 5) is 17.3. The highest BCUT2D eigenvalue weighted by Crippen LogP contribution is 2.33. The first kappa shape index (κ1) is 23.7. The first-order valence-electron chi connectivity index (χ1n) is 11.2. The predicted molar refractivity (Wildman–Crippen MR) is 135 cm³/mol. The molecule has 0 atom stereocenters. The van der Waals surface area contributed by atoms with Gasteiger partial charge in [-0.1, -0.05) is 22.0 Å². The molecule has 10 heteroatoms. The normalized spacial score (nSPS) is 15.7. The lowest BCUT2D eigenvalue weighted by molar-refractivity contribution is 0.0628. The highest BCUT2D eigenvalue weighted by molar-refractivity contribution is 9.10. The molecule has 0 spiro atoms. The van der Waals surface area contributed by atoms with Gasteiger partial charge in [-0.2, -0.15) is 0 Å². The number of nitrogens with one attached hydrogen (secondary N) is 1. The van der Waals surface area contributed by atoms with Gasteiger partial charge in [0.15, 0.2) is 11.5 Å². The zero-order valence-electron chi connectivity index (χ0n) is 18.8. The fourth-order valence-electron chi connectivity index (χ4n) is 4.10. The van der Waals surface area contributed by atoms with Crippen molar-refractivity contribution in [3.05, 3.63) is 82.3 Å². The summed E-state index contributed by atoms with van der Waals surface area (Å²) < 4.78 is 39.3. The molecule has 2 aliphatic heterocycles. The molecule has 0 unspecified atom stereocenters. The van der Waals surface area contributed by atoms with Crippen molar-refractivity contribution in [2.75, 3.05) is 37.7 Å². The average molecular weight is 558 g/mol. The van der Waals surface area contributed by atoms with Gasteiger partial charge in [-0.15, -0.1) is 0 Å². The number of benzene rings is 3. The SMILES string of the molecule is O=C(c1ccc(NS(=O)(=O)c2ccc(Br)cc2)cc1)N1CCN(Cc2ccc3c(c2)OCO3)CC1. The van der Waals surface area contributed by atoms with E-state index < -0.39 is 10.0 Å². The number of carbonyl (C=O) groups excluding carboxylic acids is 1. The third-order valence-electron chi connectivity index (χ3n) is 6.01. The summed E-state index contributed by atoms with van der Waals surface area (Å²) in [5.74, 6) is 1.49. The van der Waals surface area contributed by atoms with E-state index in [0.29, 0.717) is 24.3 Å². The highest BCUT2D eigenvalue weighted by Gasteiger charge is 2.23. The van der Waals surface area contributed by atoms with Gasteiger partial charge < -0.3 is 14.4 Å². The summed E-state index contributed by atoms with van der Waals surface area (Å²) in [6, 6.07) is 18.9. The number of halogens is 1. The molecule has 35 heavy (non-hydrogen) atoms. The summed E-state index contributed by atoms with van der Waals surface area (Å²) >= 11 is 3.30. The molecule has 3 aromatic rings. The summed E-state index contributed by atoms with van der Waals surface area (Å²) in [5.41, 5.74) is 2.08. The fourth-order valence-corrected chi connectivity index (χ4v) is 5.42. The lowest BCUT2D eigenvalue weighted by Gasteiger charge is -2.34. The summed E-state index contributed by atoms with van der Waals surface area (Å²) in [5, 5.41) is 0. The molecule has 2 heterocycles. The number of nitrogens with zero attached hydrogens (tertiary/aromatic N) is 2. The maximum Gasteiger partial charge on any atom is 0.261 e. The minimum atomic E-state index is -3.71. The Hall–Kier alpha value is -3.08. The van der Waals surface area contributed by atoms with Crippen molar-refractivity contribution in [3.8, 4) is 11.5 Å². The van der Waals surface area contributed by atoms with Crippen LogP contribution in [-0.2, 0) is 16.6 Å². The zero-order chi connectivity index (χ0) is 24.4. The van der Waals surface area contributed by atoms with E-state index in [1.165, 1.54) is 12.1 Å². The van der Waals surface area contributed by atoms with Crippen LogP contribution in [0.3, 0.4) is 0 Å². The Labute approximate surface area is 212 Å². The van der Waals surface area contributed by atoms with E-state index in [-0.39, 0.29) is 17.6 Å². The number of fused-ring (bicyclic) bond motifs is 1. The molecule has 5 rings (SSSR count). The molecule has 0 aliphatic carbocycles. The van der Waals surface area contributed by atoms with E-state index in [9.17, 15) is 13.2 Å². The van der Waals surface area contributed by atoms with Crippen LogP contribution in [0.25, 0.3) is 0 Å². The topological polar surface area (TPSA) is 88.2 Å². The van der Waals surface area contributed by atoms with E-state index >= 15 is 0 Å². The van der Waals surface area contributed by atoms with Crippen LogP contribution >= 0.6 is 15.9 Å². The first-order valence-corrected chi connectivity index (χ1v) is 13.4. The van der Waals surface area contributed by atoms with Crippen molar-refractivity contribution in [1.82, 2.24) is 9.80 Å². The smallest absolute Gasteiger partial charge is 0.261 e. The Morgan fingerprint density at radius 3 is 2.29 bits per heavy atom. The van der Waals surface area contributed by atoms with Crippen LogP contribution < -0.4 is 14.2 Å². The van der Waals surface area contributed by atoms with E-state index in [4.69, 9.17) is 9.47 Å². The van der Waals surface area contributed by atoms with Crippen molar-refractivity contribution in [1.29, 1.82) is 0 Å². The monoisotopic (exact) mass is 557 g/mol. The molecule has 0 aromatic heterocycles. The third-order valence-corrected chi connectivity index (χ3v) is 7.94. The first-order chi connectivity index (χ1) is 16.9. The second-order valence-electron chi connectivity index (χ2n) is 8.39. The number of piperazine rings is 1. The van der Waals surface area contributed by atoms with Crippen molar-refractivity contribution in [2.24, 2.45) is 0 Å². The molecule has 1 amide bonds. The number of amides is 1. The molecular formula is C25H24BrN3O5S. The molecule has 8 nitrogen and oxygen atoms in total. The Bertz CT molecular complexity index is 1320. The second-order valence-corrected chi connectivity index (χ2v) is 11.0. The predicted octanol–water partition coefficient (Wildman–Crippen LogP) is 3.94. The number of ether oxygens (including phenoxy) is 2. The molecule has 0 saturated carbocycles. The highest BCUT2D eigenvalue weighted by atomic mass is 79.9. The van der Waals surface area contributed by atoms with Crippen LogP contribution in [0.5, 0.6) is 11.5 Å². The van der Waals surface area contributed by atoms with Crippen molar-refractivity contribution >= 4 is 37.5 Å². The molecule has 2 aliphatic rings. The number of hydrogen-bond acceptors (Lipinski definition) is 6. The van der Waals surface area contributed by atoms with E-state index in [0.717, 1.165) is 41.2 Å². The van der Waals surface area contributed by atoms with Crippen molar-refractivity contribution in [3.63, 3.8) is 0 Å². The Balaban J connectivity index is 1.15. The van der Waals surface area contributed by atoms with Gasteiger partial charge in [-0.05, 0) is 66.2 Å². The van der Waals surface area contributed by atoms with Crippen LogP contribution in [-0.4, -0.2) is 57.1 Å². The molecule has 0 bridgehead atoms. The quantitative estimate of drug-likeness (QED) is 0.494. The lowest BCUT2D eigenvalue weighted by atomic mass is 10.1. The van der Waals surface area contributed by atoms with Crippen LogP contribution in [0.1, 0.15) is 15.9 Å². The van der Waals surface area contributed by atoms with Crippen molar-refractivity contribution in [2.45, 2.75) is 11.4 Å². The van der Waals surface area contributed by atoms with Crippen LogP contribution in [0, 0.1) is 0 Å². The molecule has 1 saturated heterocycles. The number of hydrogen-bond donors (Lipinski definition) is 1. The maximum absolute atomic E-state index is 13.0. The van der Waals surface area contributed by atoms with E-state index in [2.05, 4.69) is 25.6 Å². The van der Waals surface area contributed by atoms with Crippen LogP contribution in [0.15, 0.2) is 76.1 Å². The Kier molecular flexibility index (Phi) is 6.68. The summed E-state index contributed by atoms with van der Waals surface area (Å²) in [6.45, 7) is 3.84. The Morgan fingerprint density at radius 1 is 0.886 bits per heavy atom. The van der Waals surface area contributed by atoms with E-state index in [1.54, 1.807) is 36.4 Å². The number of carbonyl (C=O) groups is 1. The van der Waals surface area contributed by atoms with Crippen molar-refractivity contribution < 1.29 is 22.7 Å². The molecule has 1 fully saturated rings. The minimum Gasteiger partial charge on any atom is -0.454 e. The molecule has 182 valence electrons. The number of rotatable bonds is 6. The average Bonchev–Trinajstić information content (AvgIpc) is 3.33. The maximum atomic E-state index is 13.0. The van der Waals surface area contributed by atoms with Gasteiger partial charge >= 0.3 is 0 Å². The Morgan fingerprint density at radius 2 is 1.57 bits per heavy atom. The number of anilines is 1. The molecule has 3 aromatic carbocycles. The molecule has 1 N–H and O–H groups in total. The largest absolute Gasteiger partial charge is 0.454 e. The molecule has 0 radical (unpaired) electrons. The van der Waals surface area contributed by atoms with E-state index in [1.807, 2.05) is 23.1 Å². The standard InChI is InChI=1S/C25H24BrN3O5S/c26-20-4-8-22(9-5-20)35(31,32)27-21-6-2-19(3-7-21)25(30)29-13-11-28(12-14-29)16-18-1-10-23-24(15-18)34-17-33-23/h1-10,15,27H,11-14,16-17H2. The molecular weight excluding hydrogens is 534 g/mol. The second kappa shape index (κ2) is 9.88. The van der Waals surface area contributed by atoms with Gasteiger partial charge in [0, 0.05) is 48.4 Å². The van der Waals surface area contributed by atoms with Gasteiger partial charge in [0.1, 0.15) is 0 Å². The van der Waals surface area contributed by atoms with Crippen LogP contribution in [0.4, 0.5) is 5.69 Å². The number of sulfonamides is 1. The van der Waals surface area contributed by atoms with Gasteiger partial charge in [-0.3, -0.25) is 14.4 Å².